The summed E-state index contributed by atoms with van der Waals surface area (Å²) in [6.07, 6.45) is 6.74. The molecule has 0 aliphatic rings. The second-order valence-corrected chi connectivity index (χ2v) is 8.46. The van der Waals surface area contributed by atoms with Crippen LogP contribution in [-0.2, 0) is 19.2 Å². The quantitative estimate of drug-likeness (QED) is 0.0900. The van der Waals surface area contributed by atoms with Gasteiger partial charge in [-0.25, -0.2) is 19.2 Å². The standard InChI is InChI=1S/C17H14N2O2.C14H7N3O4/c1-2-17(13-3-7-15(8-4-13)18-11-20)14-5-9-16(10-6-14)19-12-21;18-8-15-11-3-1-10(2-4-11)13-6-5-12(16-9-19)7-14(13)17(20)21/h3-10,17H,2H2,1H3;1-7H. The highest BCUT2D eigenvalue weighted by Crippen LogP contribution is 2.34. The number of rotatable bonds is 9. The molecule has 0 N–H and O–H groups in total. The topological polar surface area (TPSA) is 161 Å². The van der Waals surface area contributed by atoms with E-state index in [9.17, 15) is 29.3 Å². The molecular weight excluding hydrogens is 538 g/mol. The number of hydrogen-bond donors (Lipinski definition) is 0. The lowest BCUT2D eigenvalue weighted by molar-refractivity contribution is -0.384. The van der Waals surface area contributed by atoms with Gasteiger partial charge in [-0.3, -0.25) is 10.1 Å². The summed E-state index contributed by atoms with van der Waals surface area (Å²) in [5.41, 5.74) is 4.81. The summed E-state index contributed by atoms with van der Waals surface area (Å²) in [6.45, 7) is 2.11. The van der Waals surface area contributed by atoms with Crippen LogP contribution in [0.4, 0.5) is 28.4 Å². The van der Waals surface area contributed by atoms with Crippen LogP contribution in [0.3, 0.4) is 0 Å². The second-order valence-electron chi connectivity index (χ2n) is 8.46. The summed E-state index contributed by atoms with van der Waals surface area (Å²) in [5, 5.41) is 11.1. The number of benzene rings is 4. The zero-order valence-electron chi connectivity index (χ0n) is 22.1. The lowest BCUT2D eigenvalue weighted by atomic mass is 9.89. The van der Waals surface area contributed by atoms with Crippen molar-refractivity contribution in [3.63, 3.8) is 0 Å². The van der Waals surface area contributed by atoms with Gasteiger partial charge in [-0.05, 0) is 71.6 Å². The minimum absolute atomic E-state index is 0.155. The Morgan fingerprint density at radius 3 is 1.38 bits per heavy atom. The van der Waals surface area contributed by atoms with E-state index in [1.54, 1.807) is 48.5 Å². The average molecular weight is 560 g/mol. The van der Waals surface area contributed by atoms with Crippen molar-refractivity contribution in [2.75, 3.05) is 0 Å². The van der Waals surface area contributed by atoms with Crippen molar-refractivity contribution in [1.29, 1.82) is 0 Å². The largest absolute Gasteiger partial charge is 0.279 e. The molecule has 0 aliphatic heterocycles. The zero-order valence-corrected chi connectivity index (χ0v) is 22.1. The molecule has 0 radical (unpaired) electrons. The highest BCUT2D eigenvalue weighted by Gasteiger charge is 2.16. The molecule has 42 heavy (non-hydrogen) atoms. The van der Waals surface area contributed by atoms with Crippen molar-refractivity contribution < 1.29 is 24.1 Å². The van der Waals surface area contributed by atoms with Crippen LogP contribution in [0.2, 0.25) is 0 Å². The molecule has 0 saturated heterocycles. The van der Waals surface area contributed by atoms with Gasteiger partial charge in [0.25, 0.3) is 5.69 Å². The van der Waals surface area contributed by atoms with Crippen LogP contribution in [-0.4, -0.2) is 29.2 Å². The van der Waals surface area contributed by atoms with Gasteiger partial charge in [0.15, 0.2) is 0 Å². The minimum Gasteiger partial charge on any atom is -0.258 e. The van der Waals surface area contributed by atoms with E-state index in [0.29, 0.717) is 28.2 Å². The molecule has 0 heterocycles. The van der Waals surface area contributed by atoms with E-state index in [1.165, 1.54) is 42.5 Å². The molecule has 4 aromatic rings. The first-order valence-electron chi connectivity index (χ1n) is 12.3. The Morgan fingerprint density at radius 2 is 1.00 bits per heavy atom. The summed E-state index contributed by atoms with van der Waals surface area (Å²) in [4.78, 5) is 65.3. The van der Waals surface area contributed by atoms with Gasteiger partial charge in [-0.2, -0.15) is 20.0 Å². The number of nitro benzene ring substituents is 1. The van der Waals surface area contributed by atoms with Gasteiger partial charge in [-0.15, -0.1) is 0 Å². The number of hydrogen-bond acceptors (Lipinski definition) is 10. The molecule has 11 heteroatoms. The van der Waals surface area contributed by atoms with E-state index in [2.05, 4.69) is 26.9 Å². The number of nitrogens with zero attached hydrogens (tertiary/aromatic N) is 5. The third kappa shape index (κ3) is 8.15. The van der Waals surface area contributed by atoms with E-state index in [0.717, 1.165) is 17.5 Å². The monoisotopic (exact) mass is 559 g/mol. The van der Waals surface area contributed by atoms with Crippen molar-refractivity contribution in [1.82, 2.24) is 0 Å². The number of nitro groups is 1. The van der Waals surface area contributed by atoms with E-state index in [-0.39, 0.29) is 17.3 Å². The molecule has 0 unspecified atom stereocenters. The Kier molecular flexibility index (Phi) is 11.1. The summed E-state index contributed by atoms with van der Waals surface area (Å²) in [7, 11) is 0. The smallest absolute Gasteiger partial charge is 0.258 e. The maximum absolute atomic E-state index is 11.1. The molecule has 0 atom stereocenters. The van der Waals surface area contributed by atoms with Gasteiger partial charge in [0.1, 0.15) is 0 Å². The van der Waals surface area contributed by atoms with E-state index in [4.69, 9.17) is 0 Å². The Morgan fingerprint density at radius 1 is 0.619 bits per heavy atom. The first-order valence-corrected chi connectivity index (χ1v) is 12.3. The number of aliphatic imine (C=N–C) groups is 4. The van der Waals surface area contributed by atoms with Gasteiger partial charge in [0.05, 0.1) is 33.2 Å². The molecule has 4 rings (SSSR count). The van der Waals surface area contributed by atoms with Crippen LogP contribution in [0.25, 0.3) is 11.1 Å². The maximum atomic E-state index is 11.1. The van der Waals surface area contributed by atoms with Crippen molar-refractivity contribution in [3.05, 3.63) is 112 Å². The van der Waals surface area contributed by atoms with Crippen LogP contribution in [0.5, 0.6) is 0 Å². The van der Waals surface area contributed by atoms with Crippen LogP contribution >= 0.6 is 0 Å². The molecule has 206 valence electrons. The Bertz CT molecular complexity index is 1680. The normalized spacial score (nSPS) is 10.2. The highest BCUT2D eigenvalue weighted by molar-refractivity contribution is 5.77. The molecule has 4 aromatic carbocycles. The first kappa shape index (κ1) is 30.3. The molecule has 0 aromatic heterocycles. The molecule has 11 nitrogen and oxygen atoms in total. The number of carbonyl (C=O) groups excluding carboxylic acids is 4. The first-order chi connectivity index (χ1) is 20.4. The third-order valence-electron chi connectivity index (χ3n) is 6.05. The third-order valence-corrected chi connectivity index (χ3v) is 6.05. The predicted molar refractivity (Wildman–Crippen MR) is 155 cm³/mol. The molecule has 0 aliphatic carbocycles. The van der Waals surface area contributed by atoms with Gasteiger partial charge < -0.3 is 0 Å². The van der Waals surface area contributed by atoms with Crippen molar-refractivity contribution >= 4 is 52.8 Å². The van der Waals surface area contributed by atoms with Crippen LogP contribution in [0, 0.1) is 10.1 Å². The highest BCUT2D eigenvalue weighted by atomic mass is 16.6. The zero-order chi connectivity index (χ0) is 30.3. The van der Waals surface area contributed by atoms with Gasteiger partial charge in [0, 0.05) is 12.0 Å². The fourth-order valence-corrected chi connectivity index (χ4v) is 4.14. The fraction of sp³-hybridized carbons (Fsp3) is 0.0968. The van der Waals surface area contributed by atoms with Crippen LogP contribution < -0.4 is 0 Å². The van der Waals surface area contributed by atoms with Crippen molar-refractivity contribution in [2.45, 2.75) is 19.3 Å². The lowest BCUT2D eigenvalue weighted by Gasteiger charge is -2.16. The van der Waals surface area contributed by atoms with Crippen LogP contribution in [0.1, 0.15) is 30.4 Å². The van der Waals surface area contributed by atoms with Crippen molar-refractivity contribution in [2.24, 2.45) is 20.0 Å². The SMILES string of the molecule is CCC(c1ccc(N=C=O)cc1)c1ccc(N=C=O)cc1.O=C=Nc1ccc(-c2ccc(N=C=O)cc2[N+](=O)[O-])cc1. The second kappa shape index (κ2) is 15.4. The van der Waals surface area contributed by atoms with Gasteiger partial charge in [-0.1, -0.05) is 43.3 Å². The molecule has 0 saturated carbocycles. The van der Waals surface area contributed by atoms with Gasteiger partial charge >= 0.3 is 0 Å². The van der Waals surface area contributed by atoms with E-state index < -0.39 is 4.92 Å². The number of isocyanates is 4. The minimum atomic E-state index is -0.559. The summed E-state index contributed by atoms with van der Waals surface area (Å²) < 4.78 is 0. The lowest BCUT2D eigenvalue weighted by Crippen LogP contribution is -1.99. The predicted octanol–water partition coefficient (Wildman–Crippen LogP) is 7.36. The summed E-state index contributed by atoms with van der Waals surface area (Å²) >= 11 is 0. The fourth-order valence-electron chi connectivity index (χ4n) is 4.14. The Balaban J connectivity index is 0.000000230. The molecule has 0 spiro atoms. The van der Waals surface area contributed by atoms with Crippen molar-refractivity contribution in [3.8, 4) is 11.1 Å². The Hall–Kier alpha value is -6.20. The maximum Gasteiger partial charge on any atom is 0.279 e. The average Bonchev–Trinajstić information content (AvgIpc) is 3.01. The van der Waals surface area contributed by atoms with Crippen LogP contribution in [0.15, 0.2) is 111 Å². The molecule has 0 fully saturated rings. The molecule has 0 bridgehead atoms. The van der Waals surface area contributed by atoms with E-state index >= 15 is 0 Å². The summed E-state index contributed by atoms with van der Waals surface area (Å²) in [6, 6.07) is 25.5. The Labute approximate surface area is 239 Å². The van der Waals surface area contributed by atoms with E-state index in [1.807, 2.05) is 24.3 Å². The molecule has 0 amide bonds. The molecular formula is C31H21N5O6. The van der Waals surface area contributed by atoms with Gasteiger partial charge in [0.2, 0.25) is 24.3 Å². The summed E-state index contributed by atoms with van der Waals surface area (Å²) in [5.74, 6) is 0.244.